The fourth-order valence-electron chi connectivity index (χ4n) is 1.59. The van der Waals surface area contributed by atoms with Crippen molar-refractivity contribution in [3.63, 3.8) is 0 Å². The Morgan fingerprint density at radius 3 is 2.88 bits per heavy atom. The van der Waals surface area contributed by atoms with Crippen LogP contribution < -0.4 is 0 Å². The van der Waals surface area contributed by atoms with E-state index in [-0.39, 0.29) is 0 Å². The lowest BCUT2D eigenvalue weighted by molar-refractivity contribution is -0.138. The van der Waals surface area contributed by atoms with Gasteiger partial charge in [-0.15, -0.1) is 0 Å². The fraction of sp³-hybridized carbons (Fsp3) is 0.273. The first-order valence-corrected chi connectivity index (χ1v) is 5.16. The van der Waals surface area contributed by atoms with Crippen LogP contribution in [0, 0.1) is 6.92 Å². The molecule has 1 unspecified atom stereocenters. The normalized spacial score (nSPS) is 12.9. The number of nitrogens with zero attached hydrogens (tertiary/aromatic N) is 1. The molecule has 0 fully saturated rings. The van der Waals surface area contributed by atoms with E-state index in [1.165, 1.54) is 0 Å². The molecule has 1 aromatic carbocycles. The van der Waals surface area contributed by atoms with Crippen molar-refractivity contribution in [1.29, 1.82) is 0 Å². The number of halogens is 1. The maximum absolute atomic E-state index is 11.0. The Hall–Kier alpha value is -1.55. The fourth-order valence-corrected chi connectivity index (χ4v) is 1.81. The van der Waals surface area contributed by atoms with Crippen LogP contribution in [0.15, 0.2) is 16.5 Å². The summed E-state index contributed by atoms with van der Waals surface area (Å²) in [6.07, 6.45) is 0. The van der Waals surface area contributed by atoms with Gasteiger partial charge in [0.05, 0.1) is 5.92 Å². The molecule has 84 valence electrons. The van der Waals surface area contributed by atoms with Gasteiger partial charge in [0.25, 0.3) is 0 Å². The number of carboxylic acid groups (broad SMARTS) is 1. The topological polar surface area (TPSA) is 63.3 Å². The number of hydrogen-bond acceptors (Lipinski definition) is 3. The molecule has 0 spiro atoms. The summed E-state index contributed by atoms with van der Waals surface area (Å²) >= 11 is 5.91. The van der Waals surface area contributed by atoms with Gasteiger partial charge in [-0.3, -0.25) is 4.79 Å². The largest absolute Gasteiger partial charge is 0.481 e. The molecule has 1 N–H and O–H groups in total. The van der Waals surface area contributed by atoms with Gasteiger partial charge in [0.15, 0.2) is 11.5 Å². The number of benzene rings is 1. The van der Waals surface area contributed by atoms with Gasteiger partial charge >= 0.3 is 5.97 Å². The molecular weight excluding hydrogens is 230 g/mol. The number of hydrogen-bond donors (Lipinski definition) is 1. The molecule has 0 aliphatic rings. The maximum Gasteiger partial charge on any atom is 0.310 e. The molecule has 0 radical (unpaired) electrons. The zero-order chi connectivity index (χ0) is 11.9. The second-order valence-electron chi connectivity index (χ2n) is 3.64. The van der Waals surface area contributed by atoms with Crippen LogP contribution in [0.3, 0.4) is 0 Å². The second kappa shape index (κ2) is 3.79. The molecule has 1 atom stereocenters. The third kappa shape index (κ3) is 1.76. The predicted molar refractivity (Wildman–Crippen MR) is 59.8 cm³/mol. The van der Waals surface area contributed by atoms with E-state index >= 15 is 0 Å². The lowest BCUT2D eigenvalue weighted by Gasteiger charge is -2.06. The molecular formula is C11H10ClNO3. The minimum Gasteiger partial charge on any atom is -0.481 e. The SMILES string of the molecule is Cc1nc2cc(Cl)cc(C(C)C(=O)O)c2o1. The Labute approximate surface area is 96.8 Å². The molecule has 0 bridgehead atoms. The quantitative estimate of drug-likeness (QED) is 0.875. The third-order valence-corrected chi connectivity index (χ3v) is 2.65. The first-order chi connectivity index (χ1) is 7.49. The number of carboxylic acids is 1. The molecule has 2 aromatic rings. The van der Waals surface area contributed by atoms with E-state index in [0.29, 0.717) is 27.6 Å². The van der Waals surface area contributed by atoms with E-state index in [1.807, 2.05) is 0 Å². The maximum atomic E-state index is 11.0. The van der Waals surface area contributed by atoms with Crippen molar-refractivity contribution in [2.75, 3.05) is 0 Å². The summed E-state index contributed by atoms with van der Waals surface area (Å²) in [6, 6.07) is 3.26. The minimum absolute atomic E-state index is 0.462. The van der Waals surface area contributed by atoms with E-state index in [1.54, 1.807) is 26.0 Å². The highest BCUT2D eigenvalue weighted by atomic mass is 35.5. The molecule has 4 nitrogen and oxygen atoms in total. The van der Waals surface area contributed by atoms with E-state index in [4.69, 9.17) is 21.1 Å². The van der Waals surface area contributed by atoms with Crippen LogP contribution in [0.5, 0.6) is 0 Å². The van der Waals surface area contributed by atoms with Crippen molar-refractivity contribution >= 4 is 28.7 Å². The highest BCUT2D eigenvalue weighted by Gasteiger charge is 2.20. The van der Waals surface area contributed by atoms with Crippen molar-refractivity contribution < 1.29 is 14.3 Å². The Kier molecular flexibility index (Phi) is 2.59. The Morgan fingerprint density at radius 2 is 2.25 bits per heavy atom. The molecule has 5 heteroatoms. The average Bonchev–Trinajstić information content (AvgIpc) is 2.55. The number of aryl methyl sites for hydroxylation is 1. The lowest BCUT2D eigenvalue weighted by Crippen LogP contribution is -2.07. The first-order valence-electron chi connectivity index (χ1n) is 4.78. The molecule has 1 heterocycles. The van der Waals surface area contributed by atoms with Crippen LogP contribution in [0.4, 0.5) is 0 Å². The van der Waals surface area contributed by atoms with E-state index < -0.39 is 11.9 Å². The van der Waals surface area contributed by atoms with Crippen LogP contribution in [0.25, 0.3) is 11.1 Å². The van der Waals surface area contributed by atoms with E-state index in [0.717, 1.165) is 0 Å². The molecule has 0 saturated carbocycles. The summed E-state index contributed by atoms with van der Waals surface area (Å²) in [5, 5.41) is 9.45. The summed E-state index contributed by atoms with van der Waals surface area (Å²) in [6.45, 7) is 3.30. The van der Waals surface area contributed by atoms with Crippen LogP contribution >= 0.6 is 11.6 Å². The summed E-state index contributed by atoms with van der Waals surface area (Å²) in [5.74, 6) is -1.10. The molecule has 0 aliphatic heterocycles. The van der Waals surface area contributed by atoms with Gasteiger partial charge in [0.1, 0.15) is 5.52 Å². The Morgan fingerprint density at radius 1 is 1.56 bits per heavy atom. The summed E-state index contributed by atoms with van der Waals surface area (Å²) in [5.41, 5.74) is 1.64. The molecule has 1 aromatic heterocycles. The van der Waals surface area contributed by atoms with Crippen LogP contribution in [-0.2, 0) is 4.79 Å². The van der Waals surface area contributed by atoms with E-state index in [2.05, 4.69) is 4.98 Å². The third-order valence-electron chi connectivity index (χ3n) is 2.43. The smallest absolute Gasteiger partial charge is 0.310 e. The van der Waals surface area contributed by atoms with Crippen molar-refractivity contribution in [1.82, 2.24) is 4.98 Å². The highest BCUT2D eigenvalue weighted by molar-refractivity contribution is 6.31. The molecule has 0 amide bonds. The first kappa shape index (κ1) is 11.0. The lowest BCUT2D eigenvalue weighted by atomic mass is 10.0. The van der Waals surface area contributed by atoms with Crippen molar-refractivity contribution in [2.24, 2.45) is 0 Å². The zero-order valence-corrected chi connectivity index (χ0v) is 9.58. The highest BCUT2D eigenvalue weighted by Crippen LogP contribution is 2.30. The zero-order valence-electron chi connectivity index (χ0n) is 8.82. The number of aliphatic carboxylic acids is 1. The van der Waals surface area contributed by atoms with Crippen LogP contribution in [-0.4, -0.2) is 16.1 Å². The van der Waals surface area contributed by atoms with Gasteiger partial charge in [-0.2, -0.15) is 0 Å². The summed E-state index contributed by atoms with van der Waals surface area (Å²) < 4.78 is 5.39. The summed E-state index contributed by atoms with van der Waals surface area (Å²) in [7, 11) is 0. The van der Waals surface area contributed by atoms with Crippen molar-refractivity contribution in [3.8, 4) is 0 Å². The molecule has 16 heavy (non-hydrogen) atoms. The van der Waals surface area contributed by atoms with Gasteiger partial charge in [0.2, 0.25) is 0 Å². The second-order valence-corrected chi connectivity index (χ2v) is 4.07. The minimum atomic E-state index is -0.919. The van der Waals surface area contributed by atoms with Gasteiger partial charge < -0.3 is 9.52 Å². The Balaban J connectivity index is 2.71. The molecule has 2 rings (SSSR count). The van der Waals surface area contributed by atoms with Gasteiger partial charge in [0, 0.05) is 17.5 Å². The van der Waals surface area contributed by atoms with Gasteiger partial charge in [-0.25, -0.2) is 4.98 Å². The average molecular weight is 240 g/mol. The van der Waals surface area contributed by atoms with E-state index in [9.17, 15) is 4.79 Å². The number of carbonyl (C=O) groups is 1. The number of aromatic nitrogens is 1. The van der Waals surface area contributed by atoms with Crippen LogP contribution in [0.1, 0.15) is 24.3 Å². The summed E-state index contributed by atoms with van der Waals surface area (Å²) in [4.78, 5) is 15.1. The van der Waals surface area contributed by atoms with Gasteiger partial charge in [-0.1, -0.05) is 11.6 Å². The number of rotatable bonds is 2. The van der Waals surface area contributed by atoms with Crippen molar-refractivity contribution in [3.05, 3.63) is 28.6 Å². The Bertz CT molecular complexity index is 562. The van der Waals surface area contributed by atoms with Crippen LogP contribution in [0.2, 0.25) is 5.02 Å². The number of oxazole rings is 1. The van der Waals surface area contributed by atoms with Crippen molar-refractivity contribution in [2.45, 2.75) is 19.8 Å². The monoisotopic (exact) mass is 239 g/mol. The molecule has 0 saturated heterocycles. The number of fused-ring (bicyclic) bond motifs is 1. The van der Waals surface area contributed by atoms with Gasteiger partial charge in [-0.05, 0) is 19.1 Å². The standard InChI is InChI=1S/C11H10ClNO3/c1-5(11(14)15)8-3-7(12)4-9-10(8)16-6(2)13-9/h3-5H,1-2H3,(H,14,15). The molecule has 0 aliphatic carbocycles. The predicted octanol–water partition coefficient (Wildman–Crippen LogP) is 2.98.